The van der Waals surface area contributed by atoms with E-state index in [1.54, 1.807) is 0 Å². The fourth-order valence-electron chi connectivity index (χ4n) is 2.59. The number of hydrogen-bond donors (Lipinski definition) is 1. The molecule has 130 valence electrons. The van der Waals surface area contributed by atoms with Gasteiger partial charge in [-0.05, 0) is 24.8 Å². The normalized spacial score (nSPS) is 14.8. The second kappa shape index (κ2) is 5.61. The fourth-order valence-corrected chi connectivity index (χ4v) is 2.59. The van der Waals surface area contributed by atoms with E-state index in [-0.39, 0.29) is 22.7 Å². The van der Waals surface area contributed by atoms with Crippen molar-refractivity contribution < 1.29 is 22.4 Å². The molecule has 1 saturated carbocycles. The van der Waals surface area contributed by atoms with Gasteiger partial charge in [-0.3, -0.25) is 9.20 Å². The van der Waals surface area contributed by atoms with Crippen LogP contribution < -0.4 is 5.32 Å². The average Bonchev–Trinajstić information content (AvgIpc) is 3.07. The molecule has 0 atom stereocenters. The molecule has 0 spiro atoms. The summed E-state index contributed by atoms with van der Waals surface area (Å²) in [5.74, 6) is 0.146. The number of hydrogen-bond acceptors (Lipinski definition) is 4. The molecule has 3 aromatic rings. The van der Waals surface area contributed by atoms with Gasteiger partial charge in [-0.1, -0.05) is 0 Å². The lowest BCUT2D eigenvalue weighted by molar-refractivity contribution is -0.137. The Morgan fingerprint density at radius 3 is 2.80 bits per heavy atom. The van der Waals surface area contributed by atoms with Gasteiger partial charge < -0.3 is 9.73 Å². The van der Waals surface area contributed by atoms with E-state index in [1.165, 1.54) is 12.4 Å². The minimum absolute atomic E-state index is 0.0440. The number of imidazole rings is 1. The molecule has 0 unspecified atom stereocenters. The minimum Gasteiger partial charge on any atom is -0.443 e. The predicted octanol–water partition coefficient (Wildman–Crippen LogP) is 3.15. The third kappa shape index (κ3) is 2.97. The number of pyridine rings is 1. The number of carbonyl (C=O) groups excluding carboxylic acids is 1. The summed E-state index contributed by atoms with van der Waals surface area (Å²) in [6, 6.07) is 0.939. The average molecular weight is 350 g/mol. The molecule has 1 amide bonds. The Morgan fingerprint density at radius 1 is 1.36 bits per heavy atom. The van der Waals surface area contributed by atoms with Gasteiger partial charge in [0.25, 0.3) is 5.91 Å². The molecule has 3 aromatic heterocycles. The number of rotatable bonds is 4. The first-order valence-electron chi connectivity index (χ1n) is 7.69. The van der Waals surface area contributed by atoms with Crippen molar-refractivity contribution in [3.63, 3.8) is 0 Å². The molecular formula is C16H13F3N4O2. The lowest BCUT2D eigenvalue weighted by Gasteiger charge is -2.11. The summed E-state index contributed by atoms with van der Waals surface area (Å²) >= 11 is 0. The van der Waals surface area contributed by atoms with Crippen LogP contribution in [0, 0.1) is 5.92 Å². The van der Waals surface area contributed by atoms with Gasteiger partial charge in [0.15, 0.2) is 12.2 Å². The second-order valence-corrected chi connectivity index (χ2v) is 6.00. The van der Waals surface area contributed by atoms with Crippen molar-refractivity contribution >= 4 is 11.6 Å². The summed E-state index contributed by atoms with van der Waals surface area (Å²) in [5.41, 5.74) is -0.543. The Labute approximate surface area is 139 Å². The lowest BCUT2D eigenvalue weighted by atomic mass is 10.1. The number of nitrogens with zero attached hydrogens (tertiary/aromatic N) is 3. The zero-order valence-electron chi connectivity index (χ0n) is 12.9. The second-order valence-electron chi connectivity index (χ2n) is 6.00. The molecule has 1 fully saturated rings. The number of nitrogens with one attached hydrogen (secondary N) is 1. The molecule has 0 aliphatic heterocycles. The van der Waals surface area contributed by atoms with Crippen molar-refractivity contribution in [2.24, 2.45) is 5.92 Å². The molecule has 1 N–H and O–H groups in total. The first kappa shape index (κ1) is 15.7. The molecule has 0 saturated heterocycles. The zero-order chi connectivity index (χ0) is 17.6. The molecule has 3 heterocycles. The van der Waals surface area contributed by atoms with Crippen LogP contribution in [0.5, 0.6) is 0 Å². The predicted molar refractivity (Wildman–Crippen MR) is 80.7 cm³/mol. The molecule has 6 nitrogen and oxygen atoms in total. The number of amides is 1. The van der Waals surface area contributed by atoms with Crippen molar-refractivity contribution in [1.82, 2.24) is 19.7 Å². The monoisotopic (exact) mass is 350 g/mol. The van der Waals surface area contributed by atoms with E-state index in [0.29, 0.717) is 12.5 Å². The highest BCUT2D eigenvalue weighted by atomic mass is 19.4. The lowest BCUT2D eigenvalue weighted by Crippen LogP contribution is -2.26. The largest absolute Gasteiger partial charge is 0.443 e. The summed E-state index contributed by atoms with van der Waals surface area (Å²) in [6.45, 7) is 0.514. The SMILES string of the molecule is O=C(NCC1CC1)c1cnc2c(-c3cnco3)cc(C(F)(F)F)cn12. The van der Waals surface area contributed by atoms with Gasteiger partial charge in [0.05, 0.1) is 23.5 Å². The van der Waals surface area contributed by atoms with E-state index in [0.717, 1.165) is 35.9 Å². The fraction of sp³-hybridized carbons (Fsp3) is 0.312. The highest BCUT2D eigenvalue weighted by Gasteiger charge is 2.33. The van der Waals surface area contributed by atoms with Gasteiger partial charge in [0.2, 0.25) is 0 Å². The number of oxazole rings is 1. The van der Waals surface area contributed by atoms with Crippen LogP contribution >= 0.6 is 0 Å². The van der Waals surface area contributed by atoms with Crippen LogP contribution in [0.3, 0.4) is 0 Å². The molecule has 9 heteroatoms. The highest BCUT2D eigenvalue weighted by molar-refractivity contribution is 5.94. The summed E-state index contributed by atoms with van der Waals surface area (Å²) in [5, 5.41) is 2.73. The molecule has 1 aliphatic carbocycles. The summed E-state index contributed by atoms with van der Waals surface area (Å²) in [4.78, 5) is 20.2. The molecule has 4 rings (SSSR count). The van der Waals surface area contributed by atoms with E-state index in [4.69, 9.17) is 4.42 Å². The van der Waals surface area contributed by atoms with Gasteiger partial charge in [0.1, 0.15) is 11.3 Å². The van der Waals surface area contributed by atoms with Gasteiger partial charge in [0, 0.05) is 12.7 Å². The van der Waals surface area contributed by atoms with E-state index < -0.39 is 17.6 Å². The number of aromatic nitrogens is 3. The van der Waals surface area contributed by atoms with E-state index in [2.05, 4.69) is 15.3 Å². The van der Waals surface area contributed by atoms with Gasteiger partial charge in [-0.2, -0.15) is 13.2 Å². The van der Waals surface area contributed by atoms with Crippen LogP contribution in [0.15, 0.2) is 35.5 Å². The Bertz CT molecular complexity index is 927. The van der Waals surface area contributed by atoms with Crippen LogP contribution in [0.25, 0.3) is 17.0 Å². The Balaban J connectivity index is 1.83. The number of alkyl halides is 3. The van der Waals surface area contributed by atoms with Gasteiger partial charge in [-0.25, -0.2) is 9.97 Å². The van der Waals surface area contributed by atoms with Crippen molar-refractivity contribution in [2.45, 2.75) is 19.0 Å². The Kier molecular flexibility index (Phi) is 3.52. The quantitative estimate of drug-likeness (QED) is 0.785. The molecule has 0 radical (unpaired) electrons. The topological polar surface area (TPSA) is 72.4 Å². The van der Waals surface area contributed by atoms with Crippen molar-refractivity contribution in [3.8, 4) is 11.3 Å². The first-order valence-corrected chi connectivity index (χ1v) is 7.69. The highest BCUT2D eigenvalue weighted by Crippen LogP contribution is 2.34. The van der Waals surface area contributed by atoms with Crippen LogP contribution in [0.2, 0.25) is 0 Å². The third-order valence-electron chi connectivity index (χ3n) is 4.11. The third-order valence-corrected chi connectivity index (χ3v) is 4.11. The van der Waals surface area contributed by atoms with Crippen molar-refractivity contribution in [1.29, 1.82) is 0 Å². The molecular weight excluding hydrogens is 337 g/mol. The van der Waals surface area contributed by atoms with Crippen LogP contribution in [0.4, 0.5) is 13.2 Å². The van der Waals surface area contributed by atoms with Gasteiger partial charge >= 0.3 is 6.18 Å². The zero-order valence-corrected chi connectivity index (χ0v) is 12.9. The van der Waals surface area contributed by atoms with Gasteiger partial charge in [-0.15, -0.1) is 0 Å². The van der Waals surface area contributed by atoms with Crippen molar-refractivity contribution in [3.05, 3.63) is 42.3 Å². The summed E-state index contributed by atoms with van der Waals surface area (Å²) in [7, 11) is 0. The summed E-state index contributed by atoms with van der Waals surface area (Å²) < 4.78 is 46.0. The van der Waals surface area contributed by atoms with Crippen LogP contribution in [0.1, 0.15) is 28.9 Å². The van der Waals surface area contributed by atoms with Crippen molar-refractivity contribution in [2.75, 3.05) is 6.54 Å². The molecule has 1 aliphatic rings. The van der Waals surface area contributed by atoms with E-state index >= 15 is 0 Å². The maximum absolute atomic E-state index is 13.3. The maximum Gasteiger partial charge on any atom is 0.417 e. The molecule has 0 bridgehead atoms. The number of fused-ring (bicyclic) bond motifs is 1. The first-order chi connectivity index (χ1) is 11.9. The summed E-state index contributed by atoms with van der Waals surface area (Å²) in [6.07, 6.45) is 2.10. The molecule has 0 aromatic carbocycles. The standard InChI is InChI=1S/C16H13F3N4O2/c17-16(18,19)10-3-11(13-6-20-8-25-13)14-21-5-12(23(14)7-10)15(24)22-4-9-1-2-9/h3,5-9H,1-2,4H2,(H,22,24). The number of halogens is 3. The Hall–Kier alpha value is -2.84. The van der Waals surface area contributed by atoms with E-state index in [9.17, 15) is 18.0 Å². The number of carbonyl (C=O) groups is 1. The van der Waals surface area contributed by atoms with Crippen LogP contribution in [-0.2, 0) is 6.18 Å². The minimum atomic E-state index is -4.57. The van der Waals surface area contributed by atoms with Crippen LogP contribution in [-0.4, -0.2) is 26.8 Å². The Morgan fingerprint density at radius 2 is 2.16 bits per heavy atom. The molecule has 25 heavy (non-hydrogen) atoms. The maximum atomic E-state index is 13.3. The van der Waals surface area contributed by atoms with E-state index in [1.807, 2.05) is 0 Å². The smallest absolute Gasteiger partial charge is 0.417 e.